The Labute approximate surface area is 173 Å². The van der Waals surface area contributed by atoms with Crippen molar-refractivity contribution in [2.24, 2.45) is 5.92 Å². The van der Waals surface area contributed by atoms with Crippen molar-refractivity contribution in [3.63, 3.8) is 0 Å². The minimum absolute atomic E-state index is 0.0407. The van der Waals surface area contributed by atoms with E-state index in [2.05, 4.69) is 13.0 Å². The number of hydrogen-bond acceptors (Lipinski definition) is 4. The fraction of sp³-hybridized carbons (Fsp3) is 0.435. The van der Waals surface area contributed by atoms with Gasteiger partial charge in [-0.05, 0) is 63.3 Å². The number of esters is 1. The maximum absolute atomic E-state index is 13.2. The summed E-state index contributed by atoms with van der Waals surface area (Å²) in [6.45, 7) is 6.90. The maximum Gasteiger partial charge on any atom is 0.331 e. The van der Waals surface area contributed by atoms with E-state index in [0.29, 0.717) is 24.6 Å². The van der Waals surface area contributed by atoms with E-state index in [1.54, 1.807) is 29.4 Å². The molecule has 1 atom stereocenters. The topological polar surface area (TPSA) is 63.7 Å². The molecule has 6 heteroatoms. The van der Waals surface area contributed by atoms with Gasteiger partial charge in [0.1, 0.15) is 0 Å². The van der Waals surface area contributed by atoms with Crippen LogP contribution in [0.1, 0.15) is 38.7 Å². The normalized spacial score (nSPS) is 25.8. The Balaban J connectivity index is 1.93. The fourth-order valence-corrected chi connectivity index (χ4v) is 5.30. The van der Waals surface area contributed by atoms with Crippen molar-refractivity contribution >= 4 is 16.0 Å². The maximum atomic E-state index is 13.2. The average molecular weight is 416 g/mol. The lowest BCUT2D eigenvalue weighted by molar-refractivity contribution is -0.137. The van der Waals surface area contributed by atoms with Crippen LogP contribution in [-0.4, -0.2) is 38.4 Å². The van der Waals surface area contributed by atoms with Crippen LogP contribution in [0.4, 0.5) is 0 Å². The van der Waals surface area contributed by atoms with E-state index in [1.165, 1.54) is 5.57 Å². The summed E-state index contributed by atoms with van der Waals surface area (Å²) in [5, 5.41) is 0. The molecule has 0 saturated carbocycles. The Morgan fingerprint density at radius 1 is 1.24 bits per heavy atom. The first-order chi connectivity index (χ1) is 13.8. The molecule has 0 amide bonds. The van der Waals surface area contributed by atoms with Gasteiger partial charge in [0.15, 0.2) is 0 Å². The summed E-state index contributed by atoms with van der Waals surface area (Å²) in [7, 11) is -3.57. The first-order valence-corrected chi connectivity index (χ1v) is 11.6. The lowest BCUT2D eigenvalue weighted by Gasteiger charge is -2.16. The van der Waals surface area contributed by atoms with Crippen LogP contribution >= 0.6 is 0 Å². The van der Waals surface area contributed by atoms with E-state index in [1.807, 2.05) is 25.1 Å². The van der Waals surface area contributed by atoms with Crippen LogP contribution in [0.15, 0.2) is 64.1 Å². The molecule has 0 N–H and O–H groups in total. The summed E-state index contributed by atoms with van der Waals surface area (Å²) in [4.78, 5) is 12.3. The van der Waals surface area contributed by atoms with E-state index in [0.717, 1.165) is 36.0 Å². The highest BCUT2D eigenvalue weighted by Crippen LogP contribution is 2.35. The zero-order valence-electron chi connectivity index (χ0n) is 17.3. The van der Waals surface area contributed by atoms with Crippen molar-refractivity contribution < 1.29 is 17.9 Å². The van der Waals surface area contributed by atoms with Gasteiger partial charge in [0, 0.05) is 25.1 Å². The fourth-order valence-electron chi connectivity index (χ4n) is 3.86. The van der Waals surface area contributed by atoms with Gasteiger partial charge in [-0.25, -0.2) is 13.2 Å². The van der Waals surface area contributed by atoms with Crippen LogP contribution in [0.5, 0.6) is 0 Å². The number of sulfonamides is 1. The van der Waals surface area contributed by atoms with Gasteiger partial charge in [-0.2, -0.15) is 4.31 Å². The van der Waals surface area contributed by atoms with Crippen LogP contribution in [-0.2, 0) is 19.6 Å². The first kappa shape index (κ1) is 21.5. The molecule has 1 fully saturated rings. The summed E-state index contributed by atoms with van der Waals surface area (Å²) in [6, 6.07) is 6.97. The van der Waals surface area contributed by atoms with Gasteiger partial charge in [0.05, 0.1) is 11.5 Å². The molecular formula is C23H29NO4S. The number of rotatable bonds is 4. The first-order valence-electron chi connectivity index (χ1n) is 10.1. The van der Waals surface area contributed by atoms with Crippen LogP contribution in [0, 0.1) is 12.8 Å². The summed E-state index contributed by atoms with van der Waals surface area (Å²) < 4.78 is 33.0. The van der Waals surface area contributed by atoms with Crippen molar-refractivity contribution in [3.05, 3.63) is 64.8 Å². The van der Waals surface area contributed by atoms with Crippen LogP contribution in [0.3, 0.4) is 0 Å². The second-order valence-electron chi connectivity index (χ2n) is 7.69. The highest BCUT2D eigenvalue weighted by atomic mass is 32.2. The molecule has 1 saturated heterocycles. The molecule has 1 unspecified atom stereocenters. The third kappa shape index (κ3) is 5.06. The van der Waals surface area contributed by atoms with Gasteiger partial charge >= 0.3 is 5.97 Å². The third-order valence-corrected chi connectivity index (χ3v) is 7.32. The number of allylic oxidation sites excluding steroid dienone is 3. The Morgan fingerprint density at radius 3 is 2.66 bits per heavy atom. The van der Waals surface area contributed by atoms with Crippen LogP contribution < -0.4 is 0 Å². The van der Waals surface area contributed by atoms with Gasteiger partial charge in [0.25, 0.3) is 0 Å². The molecule has 3 rings (SSSR count). The number of carbonyl (C=O) groups is 1. The largest absolute Gasteiger partial charge is 0.463 e. The number of aryl methyl sites for hydroxylation is 1. The van der Waals surface area contributed by atoms with Gasteiger partial charge in [-0.3, -0.25) is 0 Å². The third-order valence-electron chi connectivity index (χ3n) is 5.50. The van der Waals surface area contributed by atoms with E-state index in [9.17, 15) is 13.2 Å². The van der Waals surface area contributed by atoms with E-state index in [4.69, 9.17) is 4.74 Å². The Hall–Kier alpha value is -2.18. The van der Waals surface area contributed by atoms with Crippen molar-refractivity contribution in [1.82, 2.24) is 4.31 Å². The average Bonchev–Trinajstić information content (AvgIpc) is 3.11. The Kier molecular flexibility index (Phi) is 6.75. The molecule has 29 heavy (non-hydrogen) atoms. The predicted molar refractivity (Wildman–Crippen MR) is 114 cm³/mol. The lowest BCUT2D eigenvalue weighted by atomic mass is 9.93. The number of carbonyl (C=O) groups excluding carboxylic acids is 1. The molecule has 0 bridgehead atoms. The lowest BCUT2D eigenvalue weighted by Crippen LogP contribution is -2.29. The summed E-state index contributed by atoms with van der Waals surface area (Å²) in [5.74, 6) is -0.305. The molecule has 0 spiro atoms. The molecule has 5 nitrogen and oxygen atoms in total. The highest BCUT2D eigenvalue weighted by molar-refractivity contribution is 7.89. The molecule has 1 aliphatic heterocycles. The van der Waals surface area contributed by atoms with E-state index in [-0.39, 0.29) is 11.9 Å². The monoisotopic (exact) mass is 415 g/mol. The number of nitrogens with zero attached hydrogens (tertiary/aromatic N) is 1. The van der Waals surface area contributed by atoms with Crippen LogP contribution in [0.25, 0.3) is 0 Å². The summed E-state index contributed by atoms with van der Waals surface area (Å²) in [6.07, 6.45) is 8.39. The predicted octanol–water partition coefficient (Wildman–Crippen LogP) is 4.16. The van der Waals surface area contributed by atoms with Gasteiger partial charge in [-0.1, -0.05) is 35.4 Å². The highest BCUT2D eigenvalue weighted by Gasteiger charge is 2.36. The zero-order valence-corrected chi connectivity index (χ0v) is 18.2. The number of benzene rings is 1. The molecule has 1 aliphatic carbocycles. The minimum atomic E-state index is -3.57. The molecule has 2 aliphatic rings. The van der Waals surface area contributed by atoms with Crippen molar-refractivity contribution in [2.45, 2.75) is 44.9 Å². The van der Waals surface area contributed by atoms with Crippen molar-refractivity contribution in [2.75, 3.05) is 19.7 Å². The van der Waals surface area contributed by atoms with Crippen molar-refractivity contribution in [3.8, 4) is 0 Å². The zero-order chi connectivity index (χ0) is 21.0. The molecular weight excluding hydrogens is 386 g/mol. The van der Waals surface area contributed by atoms with Crippen LogP contribution in [0.2, 0.25) is 0 Å². The van der Waals surface area contributed by atoms with Crippen molar-refractivity contribution in [1.29, 1.82) is 0 Å². The number of hydrogen-bond donors (Lipinski definition) is 0. The minimum Gasteiger partial charge on any atom is -0.463 e. The van der Waals surface area contributed by atoms with Gasteiger partial charge in [-0.15, -0.1) is 0 Å². The Bertz CT molecular complexity index is 955. The summed E-state index contributed by atoms with van der Waals surface area (Å²) in [5.41, 5.74) is 4.15. The second kappa shape index (κ2) is 9.09. The summed E-state index contributed by atoms with van der Waals surface area (Å²) >= 11 is 0. The molecule has 1 aromatic carbocycles. The Morgan fingerprint density at radius 2 is 1.97 bits per heavy atom. The smallest absolute Gasteiger partial charge is 0.331 e. The molecule has 156 valence electrons. The van der Waals surface area contributed by atoms with Gasteiger partial charge in [0.2, 0.25) is 10.0 Å². The molecule has 0 aromatic heterocycles. The SMILES string of the molecule is CCOC(=O)/C=C1\C=C2\CN(S(=O)(=O)c3ccc(C)cc3)CC2/C(C)=C\CCC1. The van der Waals surface area contributed by atoms with Gasteiger partial charge < -0.3 is 4.74 Å². The second-order valence-corrected chi connectivity index (χ2v) is 9.63. The van der Waals surface area contributed by atoms with E-state index < -0.39 is 10.0 Å². The number of fused-ring (bicyclic) bond motifs is 1. The van der Waals surface area contributed by atoms with E-state index >= 15 is 0 Å². The quantitative estimate of drug-likeness (QED) is 0.421. The standard InChI is InChI=1S/C23H29NO4S/c1-4-28-23(25)14-19-8-6-5-7-18(3)22-16-24(15-20(22)13-19)29(26,27)21-11-9-17(2)10-12-21/h7,9-14,22H,4-6,8,15-16H2,1-3H3/b18-7-,19-14-,20-13-. The molecule has 0 radical (unpaired) electrons. The molecule has 1 heterocycles. The number of ether oxygens (including phenoxy) is 1. The molecule has 1 aromatic rings.